The van der Waals surface area contributed by atoms with Crippen LogP contribution < -0.4 is 9.64 Å². The minimum absolute atomic E-state index is 0.0398. The molecule has 1 aliphatic heterocycles. The number of carbonyl (C=O) groups is 2. The van der Waals surface area contributed by atoms with E-state index in [9.17, 15) is 19.7 Å². The molecule has 0 saturated carbocycles. The number of nitro benzene ring substituents is 1. The number of urea groups is 1. The van der Waals surface area contributed by atoms with Gasteiger partial charge < -0.3 is 9.64 Å². The van der Waals surface area contributed by atoms with Gasteiger partial charge in [-0.25, -0.2) is 9.69 Å². The summed E-state index contributed by atoms with van der Waals surface area (Å²) < 4.78 is 5.09. The van der Waals surface area contributed by atoms with Crippen molar-refractivity contribution in [2.75, 3.05) is 18.6 Å². The Labute approximate surface area is 143 Å². The highest BCUT2D eigenvalue weighted by atomic mass is 16.6. The van der Waals surface area contributed by atoms with E-state index in [0.717, 1.165) is 10.5 Å². The molecule has 2 aromatic rings. The van der Waals surface area contributed by atoms with Crippen LogP contribution in [-0.2, 0) is 11.3 Å². The molecule has 1 saturated heterocycles. The van der Waals surface area contributed by atoms with Crippen molar-refractivity contribution in [2.24, 2.45) is 0 Å². The van der Waals surface area contributed by atoms with Crippen LogP contribution in [0.5, 0.6) is 5.75 Å². The Kier molecular flexibility index (Phi) is 4.34. The van der Waals surface area contributed by atoms with Gasteiger partial charge in [0, 0.05) is 18.7 Å². The molecule has 0 radical (unpaired) electrons. The maximum absolute atomic E-state index is 12.5. The van der Waals surface area contributed by atoms with Gasteiger partial charge in [0.2, 0.25) is 0 Å². The van der Waals surface area contributed by atoms with Crippen molar-refractivity contribution in [3.05, 3.63) is 64.2 Å². The van der Waals surface area contributed by atoms with Crippen LogP contribution in [0, 0.1) is 10.1 Å². The molecular weight excluding hydrogens is 326 g/mol. The highest BCUT2D eigenvalue weighted by Gasteiger charge is 2.37. The summed E-state index contributed by atoms with van der Waals surface area (Å²) in [7, 11) is 1.57. The van der Waals surface area contributed by atoms with Crippen LogP contribution >= 0.6 is 0 Å². The standard InChI is InChI=1S/C17H15N3O5/c1-25-15-8-2-12(3-9-15)10-18-11-16(21)19(17(18)22)13-4-6-14(7-5-13)20(23)24/h2-9H,10-11H2,1H3. The fourth-order valence-corrected chi connectivity index (χ4v) is 2.60. The number of hydrogen-bond acceptors (Lipinski definition) is 5. The first-order chi connectivity index (χ1) is 12.0. The quantitative estimate of drug-likeness (QED) is 0.473. The molecule has 8 heteroatoms. The van der Waals surface area contributed by atoms with Gasteiger partial charge in [-0.1, -0.05) is 12.1 Å². The van der Waals surface area contributed by atoms with Crippen LogP contribution in [-0.4, -0.2) is 35.4 Å². The fraction of sp³-hybridized carbons (Fsp3) is 0.176. The van der Waals surface area contributed by atoms with Gasteiger partial charge in [0.1, 0.15) is 12.3 Å². The fourth-order valence-electron chi connectivity index (χ4n) is 2.60. The molecule has 1 fully saturated rings. The van der Waals surface area contributed by atoms with Crippen molar-refractivity contribution in [1.29, 1.82) is 0 Å². The third-order valence-electron chi connectivity index (χ3n) is 3.89. The molecule has 0 aliphatic carbocycles. The molecule has 1 heterocycles. The van der Waals surface area contributed by atoms with Crippen molar-refractivity contribution in [3.8, 4) is 5.75 Å². The molecule has 25 heavy (non-hydrogen) atoms. The SMILES string of the molecule is COc1ccc(CN2CC(=O)N(c3ccc([N+](=O)[O-])cc3)C2=O)cc1. The van der Waals surface area contributed by atoms with Crippen LogP contribution in [0.2, 0.25) is 0 Å². The summed E-state index contributed by atoms with van der Waals surface area (Å²) >= 11 is 0. The largest absolute Gasteiger partial charge is 0.497 e. The summed E-state index contributed by atoms with van der Waals surface area (Å²) in [5, 5.41) is 10.7. The lowest BCUT2D eigenvalue weighted by Gasteiger charge is -2.17. The predicted molar refractivity (Wildman–Crippen MR) is 89.4 cm³/mol. The molecule has 0 unspecified atom stereocenters. The third-order valence-corrected chi connectivity index (χ3v) is 3.89. The smallest absolute Gasteiger partial charge is 0.332 e. The van der Waals surface area contributed by atoms with E-state index >= 15 is 0 Å². The topological polar surface area (TPSA) is 93.0 Å². The minimum Gasteiger partial charge on any atom is -0.497 e. The zero-order chi connectivity index (χ0) is 18.0. The lowest BCUT2D eigenvalue weighted by atomic mass is 10.2. The highest BCUT2D eigenvalue weighted by molar-refractivity contribution is 6.19. The van der Waals surface area contributed by atoms with Crippen LogP contribution in [0.4, 0.5) is 16.2 Å². The van der Waals surface area contributed by atoms with E-state index in [1.807, 2.05) is 12.1 Å². The number of amides is 3. The molecule has 0 bridgehead atoms. The molecule has 0 spiro atoms. The van der Waals surface area contributed by atoms with Gasteiger partial charge in [-0.05, 0) is 29.8 Å². The number of nitro groups is 1. The van der Waals surface area contributed by atoms with Crippen molar-refractivity contribution < 1.29 is 19.2 Å². The second-order valence-electron chi connectivity index (χ2n) is 5.49. The van der Waals surface area contributed by atoms with Gasteiger partial charge in [-0.3, -0.25) is 14.9 Å². The van der Waals surface area contributed by atoms with E-state index < -0.39 is 11.0 Å². The molecule has 3 amide bonds. The predicted octanol–water partition coefficient (Wildman–Crippen LogP) is 2.57. The van der Waals surface area contributed by atoms with E-state index in [4.69, 9.17) is 4.74 Å². The molecule has 2 aromatic carbocycles. The second-order valence-corrected chi connectivity index (χ2v) is 5.49. The van der Waals surface area contributed by atoms with Crippen molar-refractivity contribution in [2.45, 2.75) is 6.54 Å². The average molecular weight is 341 g/mol. The zero-order valence-corrected chi connectivity index (χ0v) is 13.4. The number of hydrogen-bond donors (Lipinski definition) is 0. The van der Waals surface area contributed by atoms with Crippen LogP contribution in [0.15, 0.2) is 48.5 Å². The summed E-state index contributed by atoms with van der Waals surface area (Å²) in [6.07, 6.45) is 0. The molecule has 0 N–H and O–H groups in total. The third kappa shape index (κ3) is 3.27. The Morgan fingerprint density at radius 1 is 1.08 bits per heavy atom. The Balaban J connectivity index is 1.76. The van der Waals surface area contributed by atoms with E-state index in [1.54, 1.807) is 19.2 Å². The maximum Gasteiger partial charge on any atom is 0.332 e. The number of anilines is 1. The lowest BCUT2D eigenvalue weighted by Crippen LogP contribution is -2.32. The van der Waals surface area contributed by atoms with E-state index in [-0.39, 0.29) is 24.7 Å². The number of imide groups is 1. The van der Waals surface area contributed by atoms with Crippen molar-refractivity contribution in [1.82, 2.24) is 4.90 Å². The molecular formula is C17H15N3O5. The Hall–Kier alpha value is -3.42. The average Bonchev–Trinajstić information content (AvgIpc) is 2.89. The first-order valence-electron chi connectivity index (χ1n) is 7.49. The Morgan fingerprint density at radius 2 is 1.72 bits per heavy atom. The number of carbonyl (C=O) groups excluding carboxylic acids is 2. The summed E-state index contributed by atoms with van der Waals surface area (Å²) in [5.41, 5.74) is 1.09. The second kappa shape index (κ2) is 6.60. The molecule has 3 rings (SSSR count). The van der Waals surface area contributed by atoms with E-state index in [1.165, 1.54) is 29.2 Å². The number of rotatable bonds is 5. The molecule has 128 valence electrons. The Bertz CT molecular complexity index is 817. The maximum atomic E-state index is 12.5. The Morgan fingerprint density at radius 3 is 2.28 bits per heavy atom. The summed E-state index contributed by atoms with van der Waals surface area (Å²) in [6, 6.07) is 12.1. The van der Waals surface area contributed by atoms with Crippen molar-refractivity contribution in [3.63, 3.8) is 0 Å². The van der Waals surface area contributed by atoms with Crippen LogP contribution in [0.25, 0.3) is 0 Å². The van der Waals surface area contributed by atoms with Gasteiger partial charge in [-0.15, -0.1) is 0 Å². The molecule has 0 aromatic heterocycles. The van der Waals surface area contributed by atoms with Crippen molar-refractivity contribution >= 4 is 23.3 Å². The number of benzene rings is 2. The number of nitrogens with zero attached hydrogens (tertiary/aromatic N) is 3. The first kappa shape index (κ1) is 16.4. The van der Waals surface area contributed by atoms with Gasteiger partial charge in [0.25, 0.3) is 11.6 Å². The minimum atomic E-state index is -0.534. The lowest BCUT2D eigenvalue weighted by molar-refractivity contribution is -0.384. The van der Waals surface area contributed by atoms with Crippen LogP contribution in [0.1, 0.15) is 5.56 Å². The van der Waals surface area contributed by atoms with Crippen LogP contribution in [0.3, 0.4) is 0 Å². The first-order valence-corrected chi connectivity index (χ1v) is 7.49. The van der Waals surface area contributed by atoms with Gasteiger partial charge >= 0.3 is 6.03 Å². The number of methoxy groups -OCH3 is 1. The summed E-state index contributed by atoms with van der Waals surface area (Å²) in [5.74, 6) is 0.340. The number of ether oxygens (including phenoxy) is 1. The molecule has 1 aliphatic rings. The number of non-ortho nitro benzene ring substituents is 1. The summed E-state index contributed by atoms with van der Waals surface area (Å²) in [4.78, 5) is 37.4. The molecule has 0 atom stereocenters. The van der Waals surface area contributed by atoms with Gasteiger partial charge in [-0.2, -0.15) is 0 Å². The molecule has 8 nitrogen and oxygen atoms in total. The van der Waals surface area contributed by atoms with E-state index in [0.29, 0.717) is 11.4 Å². The summed E-state index contributed by atoms with van der Waals surface area (Å²) in [6.45, 7) is 0.250. The van der Waals surface area contributed by atoms with Gasteiger partial charge in [0.15, 0.2) is 0 Å². The van der Waals surface area contributed by atoms with E-state index in [2.05, 4.69) is 0 Å². The van der Waals surface area contributed by atoms with Gasteiger partial charge in [0.05, 0.1) is 17.7 Å². The zero-order valence-electron chi connectivity index (χ0n) is 13.4. The normalized spacial score (nSPS) is 14.1. The monoisotopic (exact) mass is 341 g/mol. The highest BCUT2D eigenvalue weighted by Crippen LogP contribution is 2.25.